The van der Waals surface area contributed by atoms with Crippen LogP contribution in [-0.4, -0.2) is 63.3 Å². The maximum atomic E-state index is 12.1. The maximum absolute atomic E-state index is 12.1. The summed E-state index contributed by atoms with van der Waals surface area (Å²) in [5, 5.41) is 3.54. The van der Waals surface area contributed by atoms with Gasteiger partial charge in [0.15, 0.2) is 10.7 Å². The standard InChI is InChI=1S/C9H19N5O2S2/c1-13(2)6-5-11-9-7(8(10)12-17-9)18(15,16)14(3)4/h11H,5-6H2,1-4H3,(H2,10,12). The van der Waals surface area contributed by atoms with Gasteiger partial charge in [-0.3, -0.25) is 0 Å². The van der Waals surface area contributed by atoms with Gasteiger partial charge in [-0.25, -0.2) is 12.7 Å². The van der Waals surface area contributed by atoms with E-state index in [9.17, 15) is 8.42 Å². The Labute approximate surface area is 112 Å². The highest BCUT2D eigenvalue weighted by molar-refractivity contribution is 7.89. The van der Waals surface area contributed by atoms with Gasteiger partial charge in [0.25, 0.3) is 0 Å². The summed E-state index contributed by atoms with van der Waals surface area (Å²) in [6.45, 7) is 1.42. The number of hydrogen-bond acceptors (Lipinski definition) is 7. The van der Waals surface area contributed by atoms with Crippen molar-refractivity contribution in [3.05, 3.63) is 0 Å². The van der Waals surface area contributed by atoms with Gasteiger partial charge in [-0.1, -0.05) is 0 Å². The van der Waals surface area contributed by atoms with Gasteiger partial charge < -0.3 is 16.0 Å². The van der Waals surface area contributed by atoms with Gasteiger partial charge in [-0.05, 0) is 25.6 Å². The third-order valence-corrected chi connectivity index (χ3v) is 5.10. The second-order valence-corrected chi connectivity index (χ2v) is 7.11. The minimum atomic E-state index is -3.57. The predicted octanol–water partition coefficient (Wildman–Crippen LogP) is -0.0509. The molecule has 9 heteroatoms. The van der Waals surface area contributed by atoms with E-state index in [2.05, 4.69) is 9.69 Å². The van der Waals surface area contributed by atoms with Crippen LogP contribution in [0.25, 0.3) is 0 Å². The number of anilines is 2. The highest BCUT2D eigenvalue weighted by atomic mass is 32.2. The van der Waals surface area contributed by atoms with E-state index in [1.807, 2.05) is 19.0 Å². The van der Waals surface area contributed by atoms with Crippen molar-refractivity contribution < 1.29 is 8.42 Å². The molecule has 1 rings (SSSR count). The zero-order valence-corrected chi connectivity index (χ0v) is 12.6. The Morgan fingerprint density at radius 1 is 1.33 bits per heavy atom. The smallest absolute Gasteiger partial charge is 0.249 e. The maximum Gasteiger partial charge on any atom is 0.249 e. The van der Waals surface area contributed by atoms with E-state index in [0.717, 1.165) is 22.4 Å². The summed E-state index contributed by atoms with van der Waals surface area (Å²) in [6.07, 6.45) is 0. The Morgan fingerprint density at radius 2 is 1.94 bits per heavy atom. The quantitative estimate of drug-likeness (QED) is 0.764. The van der Waals surface area contributed by atoms with Crippen molar-refractivity contribution in [2.75, 3.05) is 52.3 Å². The number of likely N-dealkylation sites (N-methyl/N-ethyl adjacent to an activating group) is 1. The van der Waals surface area contributed by atoms with E-state index >= 15 is 0 Å². The molecule has 0 saturated carbocycles. The summed E-state index contributed by atoms with van der Waals surface area (Å²) < 4.78 is 29.2. The van der Waals surface area contributed by atoms with Crippen LogP contribution in [0.1, 0.15) is 0 Å². The van der Waals surface area contributed by atoms with Gasteiger partial charge in [0, 0.05) is 27.2 Å². The average Bonchev–Trinajstić information content (AvgIpc) is 2.59. The van der Waals surface area contributed by atoms with Gasteiger partial charge in [0.2, 0.25) is 10.0 Å². The second-order valence-electron chi connectivity index (χ2n) is 4.24. The molecule has 3 N–H and O–H groups in total. The summed E-state index contributed by atoms with van der Waals surface area (Å²) in [5.41, 5.74) is 5.64. The molecule has 0 aliphatic carbocycles. The van der Waals surface area contributed by atoms with Crippen molar-refractivity contribution >= 4 is 32.4 Å². The molecule has 0 atom stereocenters. The molecule has 0 radical (unpaired) electrons. The Balaban J connectivity index is 2.96. The molecule has 0 aliphatic rings. The molecule has 0 amide bonds. The van der Waals surface area contributed by atoms with Crippen LogP contribution < -0.4 is 11.1 Å². The molecule has 0 spiro atoms. The van der Waals surface area contributed by atoms with Crippen LogP contribution in [0.3, 0.4) is 0 Å². The monoisotopic (exact) mass is 293 g/mol. The van der Waals surface area contributed by atoms with Crippen LogP contribution in [0.15, 0.2) is 4.90 Å². The summed E-state index contributed by atoms with van der Waals surface area (Å²) in [7, 11) is 3.26. The lowest BCUT2D eigenvalue weighted by Gasteiger charge is -2.14. The first kappa shape index (κ1) is 15.2. The van der Waals surface area contributed by atoms with Crippen LogP contribution in [0.5, 0.6) is 0 Å². The molecular formula is C9H19N5O2S2. The lowest BCUT2D eigenvalue weighted by molar-refractivity contribution is 0.425. The number of nitrogens with two attached hydrogens (primary N) is 1. The number of aromatic nitrogens is 1. The largest absolute Gasteiger partial charge is 0.382 e. The van der Waals surface area contributed by atoms with E-state index in [1.54, 1.807) is 0 Å². The predicted molar refractivity (Wildman–Crippen MR) is 74.4 cm³/mol. The molecule has 0 unspecified atom stereocenters. The number of nitrogens with zero attached hydrogens (tertiary/aromatic N) is 3. The summed E-state index contributed by atoms with van der Waals surface area (Å²) in [6, 6.07) is 0. The number of nitrogen functional groups attached to an aromatic ring is 1. The fraction of sp³-hybridized carbons (Fsp3) is 0.667. The number of rotatable bonds is 6. The summed E-state index contributed by atoms with van der Waals surface area (Å²) in [5.74, 6) is 0.0426. The molecule has 1 aromatic heterocycles. The first-order valence-electron chi connectivity index (χ1n) is 5.33. The topological polar surface area (TPSA) is 91.6 Å². The molecule has 0 fully saturated rings. The van der Waals surface area contributed by atoms with Crippen molar-refractivity contribution in [2.45, 2.75) is 4.90 Å². The highest BCUT2D eigenvalue weighted by Crippen LogP contribution is 2.32. The zero-order chi connectivity index (χ0) is 13.9. The van der Waals surface area contributed by atoms with E-state index in [-0.39, 0.29) is 10.7 Å². The second kappa shape index (κ2) is 5.83. The molecule has 1 heterocycles. The summed E-state index contributed by atoms with van der Waals surface area (Å²) >= 11 is 1.06. The van der Waals surface area contributed by atoms with Crippen LogP contribution >= 0.6 is 11.5 Å². The molecule has 18 heavy (non-hydrogen) atoms. The van der Waals surface area contributed by atoms with Crippen LogP contribution in [0, 0.1) is 0 Å². The molecule has 1 aromatic rings. The third kappa shape index (κ3) is 3.31. The average molecular weight is 293 g/mol. The minimum Gasteiger partial charge on any atom is -0.382 e. The van der Waals surface area contributed by atoms with Crippen molar-refractivity contribution in [3.63, 3.8) is 0 Å². The van der Waals surface area contributed by atoms with Crippen molar-refractivity contribution in [1.82, 2.24) is 13.6 Å². The Morgan fingerprint density at radius 3 is 2.44 bits per heavy atom. The highest BCUT2D eigenvalue weighted by Gasteiger charge is 2.27. The van der Waals surface area contributed by atoms with Gasteiger partial charge in [-0.15, -0.1) is 0 Å². The van der Waals surface area contributed by atoms with Gasteiger partial charge in [0.05, 0.1) is 0 Å². The van der Waals surface area contributed by atoms with E-state index in [1.165, 1.54) is 14.1 Å². The van der Waals surface area contributed by atoms with E-state index in [4.69, 9.17) is 5.73 Å². The Hall–Kier alpha value is -0.900. The third-order valence-electron chi connectivity index (χ3n) is 2.26. The van der Waals surface area contributed by atoms with Crippen LogP contribution in [-0.2, 0) is 10.0 Å². The van der Waals surface area contributed by atoms with Gasteiger partial charge in [0.1, 0.15) is 5.00 Å². The fourth-order valence-electron chi connectivity index (χ4n) is 1.23. The van der Waals surface area contributed by atoms with Crippen molar-refractivity contribution in [2.24, 2.45) is 0 Å². The lowest BCUT2D eigenvalue weighted by Crippen LogP contribution is -2.25. The normalized spacial score (nSPS) is 12.3. The first-order valence-corrected chi connectivity index (χ1v) is 7.54. The Kier molecular flexibility index (Phi) is 4.91. The van der Waals surface area contributed by atoms with Crippen LogP contribution in [0.2, 0.25) is 0 Å². The molecule has 0 bridgehead atoms. The molecule has 0 saturated heterocycles. The zero-order valence-electron chi connectivity index (χ0n) is 11.0. The van der Waals surface area contributed by atoms with Crippen molar-refractivity contribution in [1.29, 1.82) is 0 Å². The molecule has 0 aliphatic heterocycles. The number of sulfonamides is 1. The van der Waals surface area contributed by atoms with Crippen LogP contribution in [0.4, 0.5) is 10.8 Å². The van der Waals surface area contributed by atoms with Gasteiger partial charge in [-0.2, -0.15) is 4.37 Å². The molecule has 104 valence electrons. The first-order chi connectivity index (χ1) is 8.26. The molecule has 7 nitrogen and oxygen atoms in total. The van der Waals surface area contributed by atoms with E-state index in [0.29, 0.717) is 11.5 Å². The Bertz CT molecular complexity index is 495. The SMILES string of the molecule is CN(C)CCNc1snc(N)c1S(=O)(=O)N(C)C. The van der Waals surface area contributed by atoms with Crippen molar-refractivity contribution in [3.8, 4) is 0 Å². The lowest BCUT2D eigenvalue weighted by atomic mass is 10.5. The molecular weight excluding hydrogens is 274 g/mol. The van der Waals surface area contributed by atoms with Gasteiger partial charge >= 0.3 is 0 Å². The minimum absolute atomic E-state index is 0.0426. The fourth-order valence-corrected chi connectivity index (χ4v) is 3.33. The number of hydrogen-bond donors (Lipinski definition) is 2. The van der Waals surface area contributed by atoms with E-state index < -0.39 is 10.0 Å². The number of nitrogens with one attached hydrogen (secondary N) is 1. The molecule has 0 aromatic carbocycles. The summed E-state index contributed by atoms with van der Waals surface area (Å²) in [4.78, 5) is 2.06.